The number of fused-ring (bicyclic) bond motifs is 1. The second-order valence-electron chi connectivity index (χ2n) is 8.79. The molecule has 2 saturated carbocycles. The van der Waals surface area contributed by atoms with Gasteiger partial charge < -0.3 is 19.9 Å². The molecule has 0 aromatic rings. The molecule has 7 nitrogen and oxygen atoms in total. The minimum absolute atomic E-state index is 0.319. The number of carboxylic acid groups (broad SMARTS) is 1. The molecular formula is C17H26FNO6. The van der Waals surface area contributed by atoms with Crippen molar-refractivity contribution in [3.8, 4) is 0 Å². The number of carbonyl (C=O) groups excluding carboxylic acids is 2. The van der Waals surface area contributed by atoms with E-state index in [0.29, 0.717) is 0 Å². The molecule has 0 bridgehead atoms. The van der Waals surface area contributed by atoms with Crippen LogP contribution in [-0.2, 0) is 19.1 Å². The van der Waals surface area contributed by atoms with E-state index in [-0.39, 0.29) is 6.42 Å². The van der Waals surface area contributed by atoms with Gasteiger partial charge in [-0.15, -0.1) is 0 Å². The maximum absolute atomic E-state index is 14.4. The number of carboxylic acids is 1. The number of ether oxygens (including phenoxy) is 2. The molecule has 0 aromatic heterocycles. The third-order valence-electron chi connectivity index (χ3n) is 4.35. The molecule has 2 N–H and O–H groups in total. The number of rotatable bonds is 3. The Morgan fingerprint density at radius 2 is 1.60 bits per heavy atom. The van der Waals surface area contributed by atoms with Gasteiger partial charge in [-0.3, -0.25) is 4.79 Å². The molecule has 0 aromatic carbocycles. The van der Waals surface area contributed by atoms with Crippen LogP contribution in [0.15, 0.2) is 0 Å². The van der Waals surface area contributed by atoms with Gasteiger partial charge in [-0.2, -0.15) is 0 Å². The molecule has 2 aliphatic rings. The SMILES string of the molecule is CC(C)(C)OC(=O)N[C@@]1(C(=O)OC(C)(C)C)C[C@@H](F)[C@H]2[C@H](C(=O)O)[C@H]21. The van der Waals surface area contributed by atoms with Crippen LogP contribution in [0.4, 0.5) is 9.18 Å². The normalized spacial score (nSPS) is 34.0. The topological polar surface area (TPSA) is 102 Å². The number of amides is 1. The highest BCUT2D eigenvalue weighted by Gasteiger charge is 2.77. The first-order valence-electron chi connectivity index (χ1n) is 8.29. The molecule has 142 valence electrons. The van der Waals surface area contributed by atoms with Crippen LogP contribution >= 0.6 is 0 Å². The van der Waals surface area contributed by atoms with E-state index in [1.54, 1.807) is 41.5 Å². The molecule has 5 atom stereocenters. The molecule has 2 rings (SSSR count). The molecule has 0 spiro atoms. The lowest BCUT2D eigenvalue weighted by Gasteiger charge is -2.34. The number of carbonyl (C=O) groups is 3. The average molecular weight is 359 g/mol. The standard InChI is InChI=1S/C17H26FNO6/c1-15(2,3)24-13(22)17(19-14(23)25-16(4,5)6)7-8(18)9-10(11(9)17)12(20)21/h8-11H,7H2,1-6H3,(H,19,23)(H,20,21)/t8-,9+,10+,11+,17+/m1/s1. The molecule has 0 unspecified atom stereocenters. The first-order valence-corrected chi connectivity index (χ1v) is 8.29. The van der Waals surface area contributed by atoms with Crippen molar-refractivity contribution in [2.75, 3.05) is 0 Å². The number of halogens is 1. The zero-order chi connectivity index (χ0) is 19.4. The van der Waals surface area contributed by atoms with Crippen molar-refractivity contribution < 1.29 is 33.4 Å². The van der Waals surface area contributed by atoms with E-state index >= 15 is 0 Å². The minimum Gasteiger partial charge on any atom is -0.481 e. The highest BCUT2D eigenvalue weighted by atomic mass is 19.1. The average Bonchev–Trinajstić information content (AvgIpc) is 3.02. The van der Waals surface area contributed by atoms with E-state index < -0.39 is 58.7 Å². The Labute approximate surface area is 146 Å². The third kappa shape index (κ3) is 3.88. The summed E-state index contributed by atoms with van der Waals surface area (Å²) in [6.07, 6.45) is -2.73. The summed E-state index contributed by atoms with van der Waals surface area (Å²) in [5.74, 6) is -4.69. The van der Waals surface area contributed by atoms with Gasteiger partial charge in [0, 0.05) is 18.3 Å². The van der Waals surface area contributed by atoms with E-state index in [2.05, 4.69) is 5.32 Å². The highest BCUT2D eigenvalue weighted by molar-refractivity contribution is 5.90. The Balaban J connectivity index is 2.32. The number of alkyl carbamates (subject to hydrolysis) is 1. The maximum atomic E-state index is 14.4. The van der Waals surface area contributed by atoms with E-state index in [4.69, 9.17) is 9.47 Å². The summed E-state index contributed by atoms with van der Waals surface area (Å²) in [4.78, 5) is 36.4. The van der Waals surface area contributed by atoms with Gasteiger partial charge in [-0.25, -0.2) is 14.0 Å². The van der Waals surface area contributed by atoms with Crippen molar-refractivity contribution >= 4 is 18.0 Å². The molecule has 0 heterocycles. The molecule has 8 heteroatoms. The van der Waals surface area contributed by atoms with E-state index in [1.165, 1.54) is 0 Å². The quantitative estimate of drug-likeness (QED) is 0.750. The van der Waals surface area contributed by atoms with Crippen LogP contribution in [0.25, 0.3) is 0 Å². The number of alkyl halides is 1. The van der Waals surface area contributed by atoms with Gasteiger partial charge in [-0.1, -0.05) is 0 Å². The second kappa shape index (κ2) is 5.85. The van der Waals surface area contributed by atoms with E-state index in [9.17, 15) is 23.9 Å². The van der Waals surface area contributed by atoms with Crippen molar-refractivity contribution in [1.82, 2.24) is 5.32 Å². The number of hydrogen-bond donors (Lipinski definition) is 2. The predicted octanol–water partition coefficient (Wildman–Crippen LogP) is 2.28. The molecule has 2 fully saturated rings. The zero-order valence-electron chi connectivity index (χ0n) is 15.4. The van der Waals surface area contributed by atoms with Crippen LogP contribution in [0.5, 0.6) is 0 Å². The van der Waals surface area contributed by atoms with Crippen molar-refractivity contribution in [3.05, 3.63) is 0 Å². The third-order valence-corrected chi connectivity index (χ3v) is 4.35. The van der Waals surface area contributed by atoms with Gasteiger partial charge in [-0.05, 0) is 41.5 Å². The van der Waals surface area contributed by atoms with Crippen LogP contribution in [0.1, 0.15) is 48.0 Å². The van der Waals surface area contributed by atoms with Crippen LogP contribution in [0.3, 0.4) is 0 Å². The summed E-state index contributed by atoms with van der Waals surface area (Å²) in [6.45, 7) is 9.89. The summed E-state index contributed by atoms with van der Waals surface area (Å²) in [7, 11) is 0. The molecule has 2 aliphatic carbocycles. The Bertz CT molecular complexity index is 593. The first-order chi connectivity index (χ1) is 11.2. The fourth-order valence-electron chi connectivity index (χ4n) is 3.58. The fourth-order valence-corrected chi connectivity index (χ4v) is 3.58. The van der Waals surface area contributed by atoms with E-state index in [0.717, 1.165) is 0 Å². The summed E-state index contributed by atoms with van der Waals surface area (Å²) in [6, 6.07) is 0. The number of hydrogen-bond acceptors (Lipinski definition) is 5. The smallest absolute Gasteiger partial charge is 0.408 e. The minimum atomic E-state index is -1.73. The van der Waals surface area contributed by atoms with E-state index in [1.807, 2.05) is 0 Å². The van der Waals surface area contributed by atoms with Gasteiger partial charge in [0.25, 0.3) is 0 Å². The Hall–Kier alpha value is -1.86. The maximum Gasteiger partial charge on any atom is 0.408 e. The van der Waals surface area contributed by atoms with Crippen LogP contribution in [-0.4, -0.2) is 46.1 Å². The first kappa shape index (κ1) is 19.5. The molecule has 0 aliphatic heterocycles. The molecule has 25 heavy (non-hydrogen) atoms. The predicted molar refractivity (Wildman–Crippen MR) is 85.6 cm³/mol. The van der Waals surface area contributed by atoms with Gasteiger partial charge in [0.2, 0.25) is 0 Å². The lowest BCUT2D eigenvalue weighted by Crippen LogP contribution is -2.59. The number of aliphatic carboxylic acids is 1. The van der Waals surface area contributed by atoms with Gasteiger partial charge >= 0.3 is 18.0 Å². The summed E-state index contributed by atoms with van der Waals surface area (Å²) >= 11 is 0. The highest BCUT2D eigenvalue weighted by Crippen LogP contribution is 2.63. The molecule has 1 amide bonds. The summed E-state index contributed by atoms with van der Waals surface area (Å²) in [5.41, 5.74) is -3.41. The molecule has 0 radical (unpaired) electrons. The Kier molecular flexibility index (Phi) is 4.55. The van der Waals surface area contributed by atoms with Crippen molar-refractivity contribution in [3.63, 3.8) is 0 Å². The lowest BCUT2D eigenvalue weighted by atomic mass is 9.89. The van der Waals surface area contributed by atoms with Crippen molar-refractivity contribution in [2.45, 2.75) is 70.9 Å². The van der Waals surface area contributed by atoms with Crippen molar-refractivity contribution in [2.24, 2.45) is 17.8 Å². The van der Waals surface area contributed by atoms with Crippen LogP contribution in [0.2, 0.25) is 0 Å². The number of esters is 1. The monoisotopic (exact) mass is 359 g/mol. The zero-order valence-corrected chi connectivity index (χ0v) is 15.4. The summed E-state index contributed by atoms with van der Waals surface area (Å²) < 4.78 is 24.9. The lowest BCUT2D eigenvalue weighted by molar-refractivity contribution is -0.165. The van der Waals surface area contributed by atoms with Crippen LogP contribution in [0, 0.1) is 17.8 Å². The van der Waals surface area contributed by atoms with Crippen LogP contribution < -0.4 is 5.32 Å². The molecule has 0 saturated heterocycles. The Morgan fingerprint density at radius 1 is 1.08 bits per heavy atom. The largest absolute Gasteiger partial charge is 0.481 e. The second-order valence-corrected chi connectivity index (χ2v) is 8.79. The molecular weight excluding hydrogens is 333 g/mol. The Morgan fingerprint density at radius 3 is 2.00 bits per heavy atom. The van der Waals surface area contributed by atoms with Gasteiger partial charge in [0.15, 0.2) is 0 Å². The van der Waals surface area contributed by atoms with Gasteiger partial charge in [0.1, 0.15) is 22.9 Å². The summed E-state index contributed by atoms with van der Waals surface area (Å²) in [5, 5.41) is 11.7. The fraction of sp³-hybridized carbons (Fsp3) is 0.824. The number of nitrogens with one attached hydrogen (secondary N) is 1. The van der Waals surface area contributed by atoms with Gasteiger partial charge in [0.05, 0.1) is 5.92 Å². The van der Waals surface area contributed by atoms with Crippen molar-refractivity contribution in [1.29, 1.82) is 0 Å².